The maximum atomic E-state index is 13.1. The van der Waals surface area contributed by atoms with Gasteiger partial charge in [0.2, 0.25) is 5.76 Å². The number of halogens is 1. The van der Waals surface area contributed by atoms with Crippen LogP contribution in [0, 0.1) is 13.8 Å². The predicted molar refractivity (Wildman–Crippen MR) is 133 cm³/mol. The molecular formula is C27H22ClN3O4. The van der Waals surface area contributed by atoms with Crippen molar-refractivity contribution in [2.75, 3.05) is 0 Å². The number of hydrazone groups is 1. The summed E-state index contributed by atoms with van der Waals surface area (Å²) in [6.07, 6.45) is 2.09. The summed E-state index contributed by atoms with van der Waals surface area (Å²) in [5.41, 5.74) is 6.46. The normalized spacial score (nSPS) is 14.1. The van der Waals surface area contributed by atoms with E-state index in [2.05, 4.69) is 15.5 Å². The molecule has 0 radical (unpaired) electrons. The van der Waals surface area contributed by atoms with Crippen LogP contribution in [0.5, 0.6) is 5.75 Å². The molecule has 0 aliphatic heterocycles. The summed E-state index contributed by atoms with van der Waals surface area (Å²) in [6.45, 7) is 3.68. The molecule has 35 heavy (non-hydrogen) atoms. The lowest BCUT2D eigenvalue weighted by Crippen LogP contribution is -2.22. The molecule has 0 fully saturated rings. The molecule has 1 aliphatic rings. The monoisotopic (exact) mass is 487 g/mol. The number of fused-ring (bicyclic) bond motifs is 2. The number of nitrogens with zero attached hydrogens (tertiary/aromatic N) is 2. The first-order valence-corrected chi connectivity index (χ1v) is 11.6. The number of carbonyl (C=O) groups is 2. The highest BCUT2D eigenvalue weighted by Gasteiger charge is 2.29. The first-order chi connectivity index (χ1) is 16.9. The van der Waals surface area contributed by atoms with E-state index in [1.165, 1.54) is 0 Å². The SMILES string of the molecule is Cc1ccc2cccc(OC(=O)c3oc4c(c3C)/C(=N/NC(=O)c3cccc(Cl)c3)CCC4)c2n1. The van der Waals surface area contributed by atoms with E-state index in [1.54, 1.807) is 37.3 Å². The molecule has 2 aromatic heterocycles. The number of hydrogen-bond acceptors (Lipinski definition) is 6. The van der Waals surface area contributed by atoms with Crippen LogP contribution in [-0.2, 0) is 6.42 Å². The molecule has 1 aliphatic carbocycles. The van der Waals surface area contributed by atoms with Crippen LogP contribution < -0.4 is 10.2 Å². The lowest BCUT2D eigenvalue weighted by Gasteiger charge is -2.13. The fraction of sp³-hybridized carbons (Fsp3) is 0.185. The number of nitrogens with one attached hydrogen (secondary N) is 1. The molecule has 2 aromatic carbocycles. The molecule has 1 amide bonds. The van der Waals surface area contributed by atoms with Crippen molar-refractivity contribution in [3.05, 3.63) is 93.5 Å². The van der Waals surface area contributed by atoms with Crippen LogP contribution in [0.15, 0.2) is 64.1 Å². The Labute approximate surface area is 206 Å². The van der Waals surface area contributed by atoms with Crippen molar-refractivity contribution >= 4 is 40.1 Å². The van der Waals surface area contributed by atoms with Gasteiger partial charge >= 0.3 is 5.97 Å². The molecule has 4 aromatic rings. The van der Waals surface area contributed by atoms with Gasteiger partial charge in [0, 0.05) is 39.2 Å². The smallest absolute Gasteiger partial charge is 0.380 e. The zero-order valence-electron chi connectivity index (χ0n) is 19.2. The number of benzene rings is 2. The molecule has 0 bridgehead atoms. The van der Waals surface area contributed by atoms with Gasteiger partial charge in [-0.1, -0.05) is 35.9 Å². The molecule has 0 unspecified atom stereocenters. The number of pyridine rings is 1. The zero-order valence-corrected chi connectivity index (χ0v) is 20.0. The van der Waals surface area contributed by atoms with Crippen LogP contribution in [0.2, 0.25) is 5.02 Å². The van der Waals surface area contributed by atoms with Crippen LogP contribution in [0.1, 0.15) is 56.3 Å². The maximum absolute atomic E-state index is 13.1. The average Bonchev–Trinajstić information content (AvgIpc) is 3.20. The van der Waals surface area contributed by atoms with Gasteiger partial charge in [0.1, 0.15) is 11.3 Å². The second kappa shape index (κ2) is 9.35. The highest BCUT2D eigenvalue weighted by molar-refractivity contribution is 6.31. The van der Waals surface area contributed by atoms with Crippen LogP contribution in [0.25, 0.3) is 10.9 Å². The Morgan fingerprint density at radius 3 is 2.74 bits per heavy atom. The third-order valence-corrected chi connectivity index (χ3v) is 6.15. The largest absolute Gasteiger partial charge is 0.453 e. The van der Waals surface area contributed by atoms with Crippen LogP contribution in [-0.4, -0.2) is 22.6 Å². The zero-order chi connectivity index (χ0) is 24.5. The number of aromatic nitrogens is 1. The van der Waals surface area contributed by atoms with Gasteiger partial charge in [-0.2, -0.15) is 5.10 Å². The Balaban J connectivity index is 1.42. The van der Waals surface area contributed by atoms with Crippen LogP contribution in [0.3, 0.4) is 0 Å². The van der Waals surface area contributed by atoms with Gasteiger partial charge in [-0.15, -0.1) is 0 Å². The lowest BCUT2D eigenvalue weighted by molar-refractivity contribution is 0.0700. The minimum absolute atomic E-state index is 0.121. The molecule has 0 saturated carbocycles. The maximum Gasteiger partial charge on any atom is 0.380 e. The minimum atomic E-state index is -0.602. The first kappa shape index (κ1) is 22.8. The summed E-state index contributed by atoms with van der Waals surface area (Å²) in [5.74, 6) is 0.174. The molecule has 0 spiro atoms. The van der Waals surface area contributed by atoms with E-state index in [0.29, 0.717) is 51.7 Å². The van der Waals surface area contributed by atoms with Gasteiger partial charge in [-0.25, -0.2) is 15.2 Å². The van der Waals surface area contributed by atoms with Gasteiger partial charge < -0.3 is 9.15 Å². The van der Waals surface area contributed by atoms with Crippen molar-refractivity contribution in [3.63, 3.8) is 0 Å². The number of amides is 1. The van der Waals surface area contributed by atoms with E-state index in [-0.39, 0.29) is 11.7 Å². The van der Waals surface area contributed by atoms with E-state index in [9.17, 15) is 9.59 Å². The number of ether oxygens (including phenoxy) is 1. The summed E-state index contributed by atoms with van der Waals surface area (Å²) < 4.78 is 11.7. The third kappa shape index (κ3) is 4.55. The number of carbonyl (C=O) groups excluding carboxylic acids is 2. The molecule has 1 N–H and O–H groups in total. The molecular weight excluding hydrogens is 466 g/mol. The molecule has 176 valence electrons. The van der Waals surface area contributed by atoms with Crippen molar-refractivity contribution in [3.8, 4) is 5.75 Å². The van der Waals surface area contributed by atoms with E-state index >= 15 is 0 Å². The Hall–Kier alpha value is -3.97. The van der Waals surface area contributed by atoms with Gasteiger partial charge in [0.05, 0.1) is 5.71 Å². The predicted octanol–water partition coefficient (Wildman–Crippen LogP) is 5.79. The minimum Gasteiger partial charge on any atom is -0.453 e. The fourth-order valence-electron chi connectivity index (χ4n) is 4.23. The number of para-hydroxylation sites is 1. The quantitative estimate of drug-likeness (QED) is 0.223. The van der Waals surface area contributed by atoms with Gasteiger partial charge in [0.15, 0.2) is 5.75 Å². The van der Waals surface area contributed by atoms with E-state index in [1.807, 2.05) is 31.2 Å². The average molecular weight is 488 g/mol. The molecule has 2 heterocycles. The number of hydrogen-bond donors (Lipinski definition) is 1. The molecule has 5 rings (SSSR count). The van der Waals surface area contributed by atoms with Crippen molar-refractivity contribution in [1.29, 1.82) is 0 Å². The number of rotatable bonds is 4. The summed E-state index contributed by atoms with van der Waals surface area (Å²) in [6, 6.07) is 15.9. The molecule has 7 nitrogen and oxygen atoms in total. The van der Waals surface area contributed by atoms with Crippen LogP contribution in [0.4, 0.5) is 0 Å². The van der Waals surface area contributed by atoms with E-state index in [4.69, 9.17) is 20.8 Å². The van der Waals surface area contributed by atoms with Crippen molar-refractivity contribution in [2.24, 2.45) is 5.10 Å². The van der Waals surface area contributed by atoms with Gasteiger partial charge in [-0.3, -0.25) is 4.79 Å². The lowest BCUT2D eigenvalue weighted by atomic mass is 9.93. The summed E-state index contributed by atoms with van der Waals surface area (Å²) >= 11 is 5.98. The summed E-state index contributed by atoms with van der Waals surface area (Å²) in [4.78, 5) is 30.1. The fourth-order valence-corrected chi connectivity index (χ4v) is 4.42. The molecule has 8 heteroatoms. The second-order valence-corrected chi connectivity index (χ2v) is 8.82. The van der Waals surface area contributed by atoms with Gasteiger partial charge in [0.25, 0.3) is 5.91 Å². The Kier molecular flexibility index (Phi) is 6.09. The molecule has 0 atom stereocenters. The standard InChI is InChI=1S/C27H22ClN3O4/c1-15-12-13-17-6-4-11-22(24(17)29-15)35-27(33)25-16(2)23-20(9-5-10-21(23)34-25)30-31-26(32)18-7-3-8-19(28)14-18/h3-4,6-8,11-14H,5,9-10H2,1-2H3,(H,31,32)/b30-20+. The Bertz CT molecular complexity index is 1510. The second-order valence-electron chi connectivity index (χ2n) is 8.39. The topological polar surface area (TPSA) is 93.8 Å². The highest BCUT2D eigenvalue weighted by Crippen LogP contribution is 2.31. The third-order valence-electron chi connectivity index (χ3n) is 5.92. The van der Waals surface area contributed by atoms with Crippen molar-refractivity contribution in [1.82, 2.24) is 10.4 Å². The summed E-state index contributed by atoms with van der Waals surface area (Å²) in [5, 5.41) is 5.69. The first-order valence-electron chi connectivity index (χ1n) is 11.2. The van der Waals surface area contributed by atoms with Gasteiger partial charge in [-0.05, 0) is 57.0 Å². The van der Waals surface area contributed by atoms with Crippen molar-refractivity contribution < 1.29 is 18.7 Å². The Morgan fingerprint density at radius 1 is 1.09 bits per heavy atom. The number of esters is 1. The molecule has 0 saturated heterocycles. The number of aryl methyl sites for hydroxylation is 2. The van der Waals surface area contributed by atoms with Crippen LogP contribution >= 0.6 is 11.6 Å². The number of furan rings is 1. The Morgan fingerprint density at radius 2 is 1.91 bits per heavy atom. The highest BCUT2D eigenvalue weighted by atomic mass is 35.5. The summed E-state index contributed by atoms with van der Waals surface area (Å²) in [7, 11) is 0. The van der Waals surface area contributed by atoms with E-state index in [0.717, 1.165) is 23.1 Å². The van der Waals surface area contributed by atoms with Crippen molar-refractivity contribution in [2.45, 2.75) is 33.1 Å². The van der Waals surface area contributed by atoms with E-state index < -0.39 is 5.97 Å².